The Morgan fingerprint density at radius 3 is 2.46 bits per heavy atom. The molecule has 0 saturated carbocycles. The van der Waals surface area contributed by atoms with Gasteiger partial charge in [-0.3, -0.25) is 9.69 Å². The van der Waals surface area contributed by atoms with Crippen LogP contribution < -0.4 is 5.32 Å². The predicted octanol–water partition coefficient (Wildman–Crippen LogP) is 3.07. The molecule has 0 radical (unpaired) electrons. The minimum absolute atomic E-state index is 0.143. The van der Waals surface area contributed by atoms with E-state index in [1.54, 1.807) is 6.07 Å². The smallest absolute Gasteiger partial charge is 0.319 e. The molecule has 1 saturated heterocycles. The van der Waals surface area contributed by atoms with Gasteiger partial charge in [0.15, 0.2) is 0 Å². The van der Waals surface area contributed by atoms with Gasteiger partial charge in [-0.25, -0.2) is 18.0 Å². The number of benzene rings is 2. The highest BCUT2D eigenvalue weighted by atomic mass is 19.1. The van der Waals surface area contributed by atoms with E-state index in [4.69, 9.17) is 0 Å². The standard InChI is InChI=1S/C17H13F3N2O2/c1-17(12-8-11(18)6-7-14(12)20)15(23)22(16(24)21-17)9-10-4-2-3-5-13(10)19/h2-8H,9H2,1H3,(H,21,24). The van der Waals surface area contributed by atoms with Gasteiger partial charge in [-0.1, -0.05) is 18.2 Å². The summed E-state index contributed by atoms with van der Waals surface area (Å²) in [5.74, 6) is -2.90. The van der Waals surface area contributed by atoms with Gasteiger partial charge in [0.1, 0.15) is 23.0 Å². The van der Waals surface area contributed by atoms with Gasteiger partial charge in [0.2, 0.25) is 0 Å². The molecule has 1 atom stereocenters. The van der Waals surface area contributed by atoms with Crippen molar-refractivity contribution in [1.29, 1.82) is 0 Å². The normalized spacial score (nSPS) is 20.4. The fraction of sp³-hybridized carbons (Fsp3) is 0.176. The van der Waals surface area contributed by atoms with Gasteiger partial charge in [-0.15, -0.1) is 0 Å². The zero-order valence-electron chi connectivity index (χ0n) is 12.6. The van der Waals surface area contributed by atoms with E-state index in [9.17, 15) is 22.8 Å². The average Bonchev–Trinajstić information content (AvgIpc) is 2.76. The van der Waals surface area contributed by atoms with E-state index in [-0.39, 0.29) is 17.7 Å². The highest BCUT2D eigenvalue weighted by Crippen LogP contribution is 2.32. The lowest BCUT2D eigenvalue weighted by atomic mass is 9.91. The SMILES string of the molecule is CC1(c2cc(F)ccc2F)NC(=O)N(Cc2ccccc2F)C1=O. The van der Waals surface area contributed by atoms with Crippen LogP contribution in [0.1, 0.15) is 18.1 Å². The van der Waals surface area contributed by atoms with Crippen LogP contribution in [0.2, 0.25) is 0 Å². The molecule has 1 aliphatic rings. The van der Waals surface area contributed by atoms with E-state index in [0.717, 1.165) is 23.1 Å². The Kier molecular flexibility index (Phi) is 3.79. The van der Waals surface area contributed by atoms with Crippen LogP contribution in [0.3, 0.4) is 0 Å². The molecule has 3 rings (SSSR count). The maximum atomic E-state index is 14.0. The quantitative estimate of drug-likeness (QED) is 0.877. The lowest BCUT2D eigenvalue weighted by Crippen LogP contribution is -2.41. The first-order chi connectivity index (χ1) is 11.3. The predicted molar refractivity (Wildman–Crippen MR) is 79.2 cm³/mol. The molecule has 2 aromatic carbocycles. The summed E-state index contributed by atoms with van der Waals surface area (Å²) in [5.41, 5.74) is -1.89. The van der Waals surface area contributed by atoms with Crippen LogP contribution in [-0.2, 0) is 16.9 Å². The van der Waals surface area contributed by atoms with Gasteiger partial charge < -0.3 is 5.32 Å². The van der Waals surface area contributed by atoms with Gasteiger partial charge in [0.25, 0.3) is 5.91 Å². The Hall–Kier alpha value is -2.83. The second-order valence-corrected chi connectivity index (χ2v) is 5.66. The van der Waals surface area contributed by atoms with Crippen molar-refractivity contribution in [2.24, 2.45) is 0 Å². The number of hydrogen-bond acceptors (Lipinski definition) is 2. The highest BCUT2D eigenvalue weighted by molar-refractivity contribution is 6.07. The lowest BCUT2D eigenvalue weighted by molar-refractivity contribution is -0.131. The van der Waals surface area contributed by atoms with E-state index in [0.29, 0.717) is 0 Å². The molecule has 4 nitrogen and oxygen atoms in total. The molecule has 0 aromatic heterocycles. The summed E-state index contributed by atoms with van der Waals surface area (Å²) >= 11 is 0. The van der Waals surface area contributed by atoms with E-state index in [2.05, 4.69) is 5.32 Å². The minimum atomic E-state index is -1.76. The third kappa shape index (κ3) is 2.51. The zero-order valence-corrected chi connectivity index (χ0v) is 12.6. The van der Waals surface area contributed by atoms with E-state index in [1.165, 1.54) is 25.1 Å². The number of nitrogens with one attached hydrogen (secondary N) is 1. The molecule has 1 aliphatic heterocycles. The first-order valence-corrected chi connectivity index (χ1v) is 7.16. The Balaban J connectivity index is 1.96. The molecule has 1 fully saturated rings. The van der Waals surface area contributed by atoms with Gasteiger partial charge >= 0.3 is 6.03 Å². The third-order valence-corrected chi connectivity index (χ3v) is 4.03. The van der Waals surface area contributed by atoms with Crippen LogP contribution in [0.4, 0.5) is 18.0 Å². The molecule has 1 heterocycles. The molecule has 124 valence electrons. The first-order valence-electron chi connectivity index (χ1n) is 7.16. The fourth-order valence-electron chi connectivity index (χ4n) is 2.70. The second kappa shape index (κ2) is 5.67. The Morgan fingerprint density at radius 2 is 1.75 bits per heavy atom. The van der Waals surface area contributed by atoms with Crippen molar-refractivity contribution in [2.75, 3.05) is 0 Å². The molecule has 0 bridgehead atoms. The number of rotatable bonds is 3. The van der Waals surface area contributed by atoms with Crippen LogP contribution in [0.25, 0.3) is 0 Å². The van der Waals surface area contributed by atoms with Crippen LogP contribution >= 0.6 is 0 Å². The van der Waals surface area contributed by atoms with Crippen molar-refractivity contribution in [3.63, 3.8) is 0 Å². The summed E-state index contributed by atoms with van der Waals surface area (Å²) in [6.07, 6.45) is 0. The number of carbonyl (C=O) groups is 2. The number of carbonyl (C=O) groups excluding carboxylic acids is 2. The van der Waals surface area contributed by atoms with Crippen LogP contribution in [0.5, 0.6) is 0 Å². The average molecular weight is 334 g/mol. The molecule has 7 heteroatoms. The van der Waals surface area contributed by atoms with Crippen molar-refractivity contribution in [3.8, 4) is 0 Å². The van der Waals surface area contributed by atoms with E-state index >= 15 is 0 Å². The number of hydrogen-bond donors (Lipinski definition) is 1. The van der Waals surface area contributed by atoms with Crippen LogP contribution in [0, 0.1) is 17.5 Å². The summed E-state index contributed by atoms with van der Waals surface area (Å²) in [4.78, 5) is 25.6. The Morgan fingerprint density at radius 1 is 1.04 bits per heavy atom. The maximum absolute atomic E-state index is 14.0. The number of urea groups is 1. The Labute approximate surface area is 135 Å². The molecule has 24 heavy (non-hydrogen) atoms. The molecule has 1 N–H and O–H groups in total. The molecule has 3 amide bonds. The molecular weight excluding hydrogens is 321 g/mol. The number of nitrogens with zero attached hydrogens (tertiary/aromatic N) is 1. The van der Waals surface area contributed by atoms with Crippen LogP contribution in [0.15, 0.2) is 42.5 Å². The summed E-state index contributed by atoms with van der Waals surface area (Å²) in [6.45, 7) is 0.982. The van der Waals surface area contributed by atoms with Crippen molar-refractivity contribution in [2.45, 2.75) is 19.0 Å². The molecule has 2 aromatic rings. The Bertz CT molecular complexity index is 840. The zero-order chi connectivity index (χ0) is 17.5. The van der Waals surface area contributed by atoms with Gasteiger partial charge in [-0.2, -0.15) is 0 Å². The molecule has 1 unspecified atom stereocenters. The molecule has 0 spiro atoms. The monoisotopic (exact) mass is 334 g/mol. The summed E-state index contributed by atoms with van der Waals surface area (Å²) < 4.78 is 41.2. The van der Waals surface area contributed by atoms with E-state index in [1.807, 2.05) is 0 Å². The number of imide groups is 1. The maximum Gasteiger partial charge on any atom is 0.325 e. The van der Waals surface area contributed by atoms with Crippen LogP contribution in [-0.4, -0.2) is 16.8 Å². The topological polar surface area (TPSA) is 49.4 Å². The number of amides is 3. The highest BCUT2D eigenvalue weighted by Gasteiger charge is 2.50. The summed E-state index contributed by atoms with van der Waals surface area (Å²) in [5, 5.41) is 2.36. The second-order valence-electron chi connectivity index (χ2n) is 5.66. The van der Waals surface area contributed by atoms with Crippen molar-refractivity contribution < 1.29 is 22.8 Å². The lowest BCUT2D eigenvalue weighted by Gasteiger charge is -2.23. The van der Waals surface area contributed by atoms with Gasteiger partial charge in [-0.05, 0) is 31.2 Å². The van der Waals surface area contributed by atoms with Crippen molar-refractivity contribution >= 4 is 11.9 Å². The molecule has 0 aliphatic carbocycles. The third-order valence-electron chi connectivity index (χ3n) is 4.03. The summed E-state index contributed by atoms with van der Waals surface area (Å²) in [7, 11) is 0. The first kappa shape index (κ1) is 16.0. The minimum Gasteiger partial charge on any atom is -0.319 e. The number of halogens is 3. The van der Waals surface area contributed by atoms with Crippen molar-refractivity contribution in [1.82, 2.24) is 10.2 Å². The fourth-order valence-corrected chi connectivity index (χ4v) is 2.70. The van der Waals surface area contributed by atoms with Crippen molar-refractivity contribution in [3.05, 3.63) is 71.0 Å². The van der Waals surface area contributed by atoms with Gasteiger partial charge in [0.05, 0.1) is 6.54 Å². The van der Waals surface area contributed by atoms with Gasteiger partial charge in [0, 0.05) is 11.1 Å². The summed E-state index contributed by atoms with van der Waals surface area (Å²) in [6, 6.07) is 7.57. The molecular formula is C17H13F3N2O2. The van der Waals surface area contributed by atoms with E-state index < -0.39 is 34.9 Å². The largest absolute Gasteiger partial charge is 0.325 e.